The number of hydrogen-bond donors (Lipinski definition) is 3. The second kappa shape index (κ2) is 22.4. The molecule has 2 amide bonds. The number of carbonyl (C=O) groups excluding carboxylic acids is 2. The normalized spacial score (nSPS) is 12.8. The first-order chi connectivity index (χ1) is 36.5. The average molecular weight is 1200 g/mol. The highest BCUT2D eigenvalue weighted by Crippen LogP contribution is 2.43. The largest absolute Gasteiger partial charge is 0.433 e. The third-order valence-electron chi connectivity index (χ3n) is 11.0. The molecule has 2 aromatic carbocycles. The van der Waals surface area contributed by atoms with Crippen LogP contribution in [0.2, 0.25) is 0 Å². The van der Waals surface area contributed by atoms with Crippen LogP contribution in [0, 0.1) is 0 Å². The lowest BCUT2D eigenvalue weighted by molar-refractivity contribution is -0.141. The maximum atomic E-state index is 14.0. The molecule has 0 fully saturated rings. The lowest BCUT2D eigenvalue weighted by atomic mass is 10.0. The van der Waals surface area contributed by atoms with E-state index in [1.807, 2.05) is 5.32 Å². The summed E-state index contributed by atoms with van der Waals surface area (Å²) in [5.74, 6) is -4.48. The zero-order valence-corrected chi connectivity index (χ0v) is 42.0. The molecule has 80 heavy (non-hydrogen) atoms. The second-order valence-corrected chi connectivity index (χ2v) is 20.7. The second-order valence-electron chi connectivity index (χ2n) is 16.2. The van der Waals surface area contributed by atoms with Crippen LogP contribution in [0.15, 0.2) is 95.0 Å². The Bertz CT molecular complexity index is 3550. The minimum atomic E-state index is -5.27. The van der Waals surface area contributed by atoms with Crippen LogP contribution >= 0.6 is 0 Å². The zero-order chi connectivity index (χ0) is 60.7. The Morgan fingerprint density at radius 1 is 0.537 bits per heavy atom. The van der Waals surface area contributed by atoms with E-state index in [0.29, 0.717) is 78.0 Å². The van der Waals surface area contributed by atoms with Crippen molar-refractivity contribution in [3.63, 3.8) is 0 Å². The molecule has 0 spiro atoms. The van der Waals surface area contributed by atoms with E-state index in [1.54, 1.807) is 0 Å². The maximum absolute atomic E-state index is 14.0. The monoisotopic (exact) mass is 1200 g/mol. The van der Waals surface area contributed by atoms with Crippen molar-refractivity contribution in [2.45, 2.75) is 60.7 Å². The van der Waals surface area contributed by atoms with E-state index in [4.69, 9.17) is 5.73 Å². The first kappa shape index (κ1) is 63.1. The van der Waals surface area contributed by atoms with E-state index < -0.39 is 174 Å². The van der Waals surface area contributed by atoms with Gasteiger partial charge in [0.1, 0.15) is 22.8 Å². The number of anilines is 4. The maximum Gasteiger partial charge on any atom is 0.433 e. The van der Waals surface area contributed by atoms with Crippen LogP contribution in [0.3, 0.4) is 0 Å². The molecule has 0 unspecified atom stereocenters. The van der Waals surface area contributed by atoms with E-state index in [9.17, 15) is 105 Å². The van der Waals surface area contributed by atoms with Gasteiger partial charge in [-0.25, -0.2) is 36.8 Å². The van der Waals surface area contributed by atoms with Crippen LogP contribution in [0.1, 0.15) is 68.5 Å². The molecule has 432 valence electrons. The summed E-state index contributed by atoms with van der Waals surface area (Å²) in [6.07, 6.45) is -28.8. The molecule has 0 atom stereocenters. The molecular formula is C46H34F18N8O6S2. The summed E-state index contributed by atoms with van der Waals surface area (Å²) in [6.45, 7) is 2.13. The molecule has 0 saturated carbocycles. The quantitative estimate of drug-likeness (QED) is 0.104. The fraction of sp³-hybridized carbons (Fsp3) is 0.261. The van der Waals surface area contributed by atoms with Gasteiger partial charge in [-0.15, -0.1) is 0 Å². The Balaban J connectivity index is 0.000000294. The number of nitrogens with two attached hydrogens (primary N) is 1. The zero-order valence-electron chi connectivity index (χ0n) is 40.4. The molecule has 4 N–H and O–H groups in total. The lowest BCUT2D eigenvalue weighted by Gasteiger charge is -2.22. The van der Waals surface area contributed by atoms with Crippen molar-refractivity contribution in [3.05, 3.63) is 130 Å². The molecule has 14 nitrogen and oxygen atoms in total. The highest BCUT2D eigenvalue weighted by atomic mass is 32.2. The van der Waals surface area contributed by atoms with Gasteiger partial charge in [0, 0.05) is 25.2 Å². The number of carbonyl (C=O) groups is 2. The van der Waals surface area contributed by atoms with Crippen molar-refractivity contribution >= 4 is 54.2 Å². The number of halogens is 18. The smallest absolute Gasteiger partial charge is 0.397 e. The number of nitrogens with zero attached hydrogens (tertiary/aromatic N) is 5. The van der Waals surface area contributed by atoms with Crippen LogP contribution < -0.4 is 21.3 Å². The average Bonchev–Trinajstić information content (AvgIpc) is 3.36. The summed E-state index contributed by atoms with van der Waals surface area (Å²) in [7, 11) is -7.00. The number of alkyl halides is 18. The lowest BCUT2D eigenvalue weighted by Crippen LogP contribution is -2.31. The SMILES string of the molecule is CCS(=O)(=O)c1cc(C(F)(F)F)c(-c2ccc(C(F)(F)F)cc2)nc1C(=O)N(C)c1cnc(C(F)(F)F)cc1N.CCS(=O)(=O)c1cc(C(F)(F)F)c(-c2ccc(C(F)(F)F)cc2)nc1C(=O)Nc1cc(C(F)(F)F)ncc1NC. The third kappa shape index (κ3) is 14.1. The van der Waals surface area contributed by atoms with Gasteiger partial charge < -0.3 is 21.3 Å². The number of benzene rings is 2. The van der Waals surface area contributed by atoms with Gasteiger partial charge in [-0.3, -0.25) is 9.59 Å². The summed E-state index contributed by atoms with van der Waals surface area (Å²) < 4.78 is 291. The highest BCUT2D eigenvalue weighted by molar-refractivity contribution is 7.91. The van der Waals surface area contributed by atoms with Gasteiger partial charge in [0.25, 0.3) is 11.8 Å². The van der Waals surface area contributed by atoms with Crippen LogP contribution in [-0.2, 0) is 56.7 Å². The van der Waals surface area contributed by atoms with Crippen molar-refractivity contribution in [1.29, 1.82) is 0 Å². The molecule has 0 aliphatic heterocycles. The van der Waals surface area contributed by atoms with Crippen LogP contribution in [0.5, 0.6) is 0 Å². The molecule has 4 heterocycles. The summed E-state index contributed by atoms with van der Waals surface area (Å²) in [5.41, 5.74) is -10.2. The van der Waals surface area contributed by atoms with Crippen molar-refractivity contribution in [2.24, 2.45) is 0 Å². The first-order valence-corrected chi connectivity index (χ1v) is 25.0. The fourth-order valence-electron chi connectivity index (χ4n) is 6.86. The number of nitrogen functional groups attached to an aromatic ring is 1. The highest BCUT2D eigenvalue weighted by Gasteiger charge is 2.42. The number of sulfone groups is 2. The van der Waals surface area contributed by atoms with E-state index >= 15 is 0 Å². The van der Waals surface area contributed by atoms with Crippen molar-refractivity contribution in [2.75, 3.05) is 46.9 Å². The molecule has 6 aromatic rings. The first-order valence-electron chi connectivity index (χ1n) is 21.7. The fourth-order valence-corrected chi connectivity index (χ4v) is 8.94. The van der Waals surface area contributed by atoms with Crippen LogP contribution in [-0.4, -0.2) is 74.2 Å². The Labute approximate surface area is 438 Å². The predicted molar refractivity (Wildman–Crippen MR) is 248 cm³/mol. The standard InChI is InChI=1S/2C23H17F9N4O3S/c1-3-40(38,39)16-8-13(22(27,28)29)18(11-4-6-12(7-5-11)21(24,25)26)35-19(16)20(37)36(2)15-10-34-17(9-14(15)33)23(30,31)32;1-3-40(38,39)16-8-13(22(27,28)29)18(11-4-6-12(7-5-11)21(24,25)26)36-19(16)20(37)35-14-9-17(23(30,31)32)34-10-15(14)33-2/h4-10H,3H2,1-2H3,(H2,33,34);4-10,33H,3H2,1-2H3,(H,34,35,37). The Morgan fingerprint density at radius 2 is 0.925 bits per heavy atom. The molecular weight excluding hydrogens is 1170 g/mol. The molecule has 34 heteroatoms. The summed E-state index contributed by atoms with van der Waals surface area (Å²) in [6, 6.07) is 5.50. The Hall–Kier alpha value is -7.78. The Kier molecular flexibility index (Phi) is 17.7. The number of aromatic nitrogens is 4. The molecule has 0 aliphatic rings. The van der Waals surface area contributed by atoms with Crippen molar-refractivity contribution in [3.8, 4) is 22.5 Å². The molecule has 4 aromatic heterocycles. The van der Waals surface area contributed by atoms with E-state index in [0.717, 1.165) is 20.9 Å². The van der Waals surface area contributed by atoms with Crippen molar-refractivity contribution in [1.82, 2.24) is 19.9 Å². The van der Waals surface area contributed by atoms with Gasteiger partial charge >= 0.3 is 37.1 Å². The molecule has 0 aliphatic carbocycles. The van der Waals surface area contributed by atoms with Gasteiger partial charge in [-0.1, -0.05) is 38.1 Å². The van der Waals surface area contributed by atoms with Crippen molar-refractivity contribution < 1.29 is 105 Å². The number of amides is 2. The minimum absolute atomic E-state index is 0.112. The number of pyridine rings is 4. The predicted octanol–water partition coefficient (Wildman–Crippen LogP) is 12.1. The molecule has 0 radical (unpaired) electrons. The molecule has 0 saturated heterocycles. The van der Waals surface area contributed by atoms with Gasteiger partial charge in [0.15, 0.2) is 19.7 Å². The van der Waals surface area contributed by atoms with Gasteiger partial charge in [-0.05, 0) is 48.5 Å². The Morgan fingerprint density at radius 3 is 1.29 bits per heavy atom. The topological polar surface area (TPSA) is 207 Å². The number of hydrogen-bond acceptors (Lipinski definition) is 12. The van der Waals surface area contributed by atoms with Gasteiger partial charge in [-0.2, -0.15) is 79.0 Å². The summed E-state index contributed by atoms with van der Waals surface area (Å²) >= 11 is 0. The summed E-state index contributed by atoms with van der Waals surface area (Å²) in [4.78, 5) is 38.3. The number of nitrogens with one attached hydrogen (secondary N) is 2. The number of rotatable bonds is 11. The van der Waals surface area contributed by atoms with E-state index in [2.05, 4.69) is 25.3 Å². The molecule has 0 bridgehead atoms. The van der Waals surface area contributed by atoms with Crippen LogP contribution in [0.25, 0.3) is 22.5 Å². The van der Waals surface area contributed by atoms with Gasteiger partial charge in [0.2, 0.25) is 0 Å². The summed E-state index contributed by atoms with van der Waals surface area (Å²) in [5, 5.41) is 4.44. The van der Waals surface area contributed by atoms with E-state index in [1.165, 1.54) is 7.05 Å². The van der Waals surface area contributed by atoms with Crippen LogP contribution in [0.4, 0.5) is 102 Å². The minimum Gasteiger partial charge on any atom is -0.397 e. The molecule has 6 rings (SSSR count). The van der Waals surface area contributed by atoms with Gasteiger partial charge in [0.05, 0.1) is 90.1 Å². The third-order valence-corrected chi connectivity index (χ3v) is 14.5. The van der Waals surface area contributed by atoms with E-state index in [-0.39, 0.29) is 17.8 Å².